The topological polar surface area (TPSA) is 98.8 Å². The van der Waals surface area contributed by atoms with Crippen LogP contribution in [0.25, 0.3) is 0 Å². The van der Waals surface area contributed by atoms with Crippen molar-refractivity contribution in [1.29, 1.82) is 0 Å². The summed E-state index contributed by atoms with van der Waals surface area (Å²) in [6, 6.07) is 13.4. The molecule has 0 aromatic heterocycles. The first-order chi connectivity index (χ1) is 15.8. The highest BCUT2D eigenvalue weighted by molar-refractivity contribution is 7.89. The van der Waals surface area contributed by atoms with Crippen molar-refractivity contribution in [2.45, 2.75) is 43.0 Å². The lowest BCUT2D eigenvalue weighted by Gasteiger charge is -2.30. The van der Waals surface area contributed by atoms with Gasteiger partial charge in [0.15, 0.2) is 0 Å². The van der Waals surface area contributed by atoms with Crippen molar-refractivity contribution in [3.05, 3.63) is 54.1 Å². The Morgan fingerprint density at radius 1 is 1.03 bits per heavy atom. The first-order valence-electron chi connectivity index (χ1n) is 11.4. The van der Waals surface area contributed by atoms with Crippen LogP contribution in [0.2, 0.25) is 0 Å². The van der Waals surface area contributed by atoms with E-state index >= 15 is 0 Å². The van der Waals surface area contributed by atoms with Gasteiger partial charge in [-0.3, -0.25) is 9.59 Å². The summed E-state index contributed by atoms with van der Waals surface area (Å²) >= 11 is 0. The Morgan fingerprint density at radius 2 is 1.70 bits per heavy atom. The molecule has 0 bridgehead atoms. The average Bonchev–Trinajstić information content (AvgIpc) is 2.84. The summed E-state index contributed by atoms with van der Waals surface area (Å²) in [5.41, 5.74) is 1.92. The van der Waals surface area contributed by atoms with E-state index in [1.807, 2.05) is 17.0 Å². The molecule has 0 spiro atoms. The molecular weight excluding hydrogens is 440 g/mol. The Bertz CT molecular complexity index is 1090. The van der Waals surface area contributed by atoms with E-state index < -0.39 is 10.0 Å². The predicted octanol–water partition coefficient (Wildman–Crippen LogP) is 2.83. The van der Waals surface area contributed by atoms with Crippen molar-refractivity contribution in [3.8, 4) is 0 Å². The molecule has 9 heteroatoms. The van der Waals surface area contributed by atoms with Crippen LogP contribution in [-0.2, 0) is 14.8 Å². The van der Waals surface area contributed by atoms with Crippen LogP contribution in [0, 0.1) is 0 Å². The van der Waals surface area contributed by atoms with E-state index in [0.29, 0.717) is 24.3 Å². The highest BCUT2D eigenvalue weighted by Gasteiger charge is 2.29. The first-order valence-corrected chi connectivity index (χ1v) is 12.8. The van der Waals surface area contributed by atoms with Crippen LogP contribution in [0.3, 0.4) is 0 Å². The summed E-state index contributed by atoms with van der Waals surface area (Å²) in [5.74, 6) is -0.321. The molecule has 1 saturated carbocycles. The minimum atomic E-state index is -3.59. The number of sulfonamides is 1. The van der Waals surface area contributed by atoms with Gasteiger partial charge in [0, 0.05) is 43.1 Å². The fourth-order valence-electron chi connectivity index (χ4n) is 4.40. The van der Waals surface area contributed by atoms with Gasteiger partial charge in [-0.1, -0.05) is 19.3 Å². The Hall–Kier alpha value is -2.91. The zero-order valence-corrected chi connectivity index (χ0v) is 19.6. The summed E-state index contributed by atoms with van der Waals surface area (Å²) < 4.78 is 27.4. The van der Waals surface area contributed by atoms with Crippen LogP contribution in [0.5, 0.6) is 0 Å². The number of nitrogens with one attached hydrogen (secondary N) is 2. The summed E-state index contributed by atoms with van der Waals surface area (Å²) in [7, 11) is -1.95. The van der Waals surface area contributed by atoms with E-state index in [2.05, 4.69) is 10.6 Å². The highest BCUT2D eigenvalue weighted by atomic mass is 32.2. The van der Waals surface area contributed by atoms with Crippen molar-refractivity contribution in [2.75, 3.05) is 36.9 Å². The second-order valence-corrected chi connectivity index (χ2v) is 10.6. The molecular formula is C24H30N4O4S. The monoisotopic (exact) mass is 470 g/mol. The molecule has 2 N–H and O–H groups in total. The van der Waals surface area contributed by atoms with Gasteiger partial charge in [-0.25, -0.2) is 8.42 Å². The number of carbonyl (C=O) groups excluding carboxylic acids is 2. The lowest BCUT2D eigenvalue weighted by atomic mass is 9.96. The van der Waals surface area contributed by atoms with Gasteiger partial charge in [-0.15, -0.1) is 0 Å². The summed E-state index contributed by atoms with van der Waals surface area (Å²) in [4.78, 5) is 26.4. The molecule has 1 aliphatic heterocycles. The minimum absolute atomic E-state index is 0.00553. The maximum absolute atomic E-state index is 13.0. The SMILES string of the molecule is CN(C1CCCCC1)S(=O)(=O)c1ccc(C(=O)Nc2ccc(N3CCNC(=O)C3)cc2)cc1. The standard InChI is InChI=1S/C24H30N4O4S/c1-27(20-5-3-2-4-6-20)33(31,32)22-13-7-18(8-14-22)24(30)26-19-9-11-21(12-10-19)28-16-15-25-23(29)17-28/h7-14,20H,2-6,15-17H2,1H3,(H,25,29)(H,26,30). The van der Waals surface area contributed by atoms with Crippen molar-refractivity contribution in [2.24, 2.45) is 0 Å². The predicted molar refractivity (Wildman–Crippen MR) is 128 cm³/mol. The third-order valence-electron chi connectivity index (χ3n) is 6.41. The molecule has 0 atom stereocenters. The van der Waals surface area contributed by atoms with Crippen LogP contribution >= 0.6 is 0 Å². The van der Waals surface area contributed by atoms with Gasteiger partial charge >= 0.3 is 0 Å². The van der Waals surface area contributed by atoms with Gasteiger partial charge in [0.05, 0.1) is 11.4 Å². The number of carbonyl (C=O) groups is 2. The van der Waals surface area contributed by atoms with Gasteiger partial charge in [0.25, 0.3) is 5.91 Å². The number of amides is 2. The zero-order chi connectivity index (χ0) is 23.4. The number of nitrogens with zero attached hydrogens (tertiary/aromatic N) is 2. The molecule has 0 unspecified atom stereocenters. The van der Waals surface area contributed by atoms with Crippen molar-refractivity contribution in [3.63, 3.8) is 0 Å². The minimum Gasteiger partial charge on any atom is -0.360 e. The molecule has 1 heterocycles. The fourth-order valence-corrected chi connectivity index (χ4v) is 5.82. The van der Waals surface area contributed by atoms with Crippen LogP contribution in [-0.4, -0.2) is 57.3 Å². The Kier molecular flexibility index (Phi) is 6.99. The number of benzene rings is 2. The van der Waals surface area contributed by atoms with Crippen LogP contribution in [0.1, 0.15) is 42.5 Å². The molecule has 2 aromatic rings. The van der Waals surface area contributed by atoms with Gasteiger partial charge in [-0.05, 0) is 61.4 Å². The molecule has 2 aliphatic rings. The normalized spacial score (nSPS) is 17.6. The van der Waals surface area contributed by atoms with E-state index in [4.69, 9.17) is 0 Å². The maximum Gasteiger partial charge on any atom is 0.255 e. The molecule has 33 heavy (non-hydrogen) atoms. The first kappa shape index (κ1) is 23.3. The Morgan fingerprint density at radius 3 is 2.33 bits per heavy atom. The molecule has 2 aromatic carbocycles. The lowest BCUT2D eigenvalue weighted by Crippen LogP contribution is -2.47. The van der Waals surface area contributed by atoms with Crippen molar-refractivity contribution in [1.82, 2.24) is 9.62 Å². The fraction of sp³-hybridized carbons (Fsp3) is 0.417. The van der Waals surface area contributed by atoms with E-state index in [-0.39, 0.29) is 22.8 Å². The third-order valence-corrected chi connectivity index (χ3v) is 8.34. The van der Waals surface area contributed by atoms with E-state index in [9.17, 15) is 18.0 Å². The average molecular weight is 471 g/mol. The molecule has 1 saturated heterocycles. The Labute approximate surface area is 195 Å². The number of rotatable bonds is 6. The van der Waals surface area contributed by atoms with Gasteiger partial charge < -0.3 is 15.5 Å². The summed E-state index contributed by atoms with van der Waals surface area (Å²) in [6.45, 7) is 1.67. The van der Waals surface area contributed by atoms with E-state index in [0.717, 1.165) is 44.3 Å². The summed E-state index contributed by atoms with van der Waals surface area (Å²) in [6.07, 6.45) is 5.04. The zero-order valence-electron chi connectivity index (χ0n) is 18.8. The molecule has 2 amide bonds. The quantitative estimate of drug-likeness (QED) is 0.677. The Balaban J connectivity index is 1.39. The number of piperazine rings is 1. The van der Waals surface area contributed by atoms with Crippen LogP contribution in [0.15, 0.2) is 53.4 Å². The lowest BCUT2D eigenvalue weighted by molar-refractivity contribution is -0.120. The maximum atomic E-state index is 13.0. The van der Waals surface area contributed by atoms with Gasteiger partial charge in [0.1, 0.15) is 0 Å². The highest BCUT2D eigenvalue weighted by Crippen LogP contribution is 2.27. The third kappa shape index (κ3) is 5.36. The molecule has 8 nitrogen and oxygen atoms in total. The van der Waals surface area contributed by atoms with Gasteiger partial charge in [0.2, 0.25) is 15.9 Å². The molecule has 0 radical (unpaired) electrons. The van der Waals surface area contributed by atoms with Crippen molar-refractivity contribution < 1.29 is 18.0 Å². The molecule has 176 valence electrons. The van der Waals surface area contributed by atoms with Gasteiger partial charge in [-0.2, -0.15) is 4.31 Å². The second-order valence-electron chi connectivity index (χ2n) is 8.61. The van der Waals surface area contributed by atoms with E-state index in [1.165, 1.54) is 28.6 Å². The molecule has 2 fully saturated rings. The number of hydrogen-bond donors (Lipinski definition) is 2. The molecule has 4 rings (SSSR count). The largest absolute Gasteiger partial charge is 0.360 e. The number of hydrogen-bond acceptors (Lipinski definition) is 5. The van der Waals surface area contributed by atoms with E-state index in [1.54, 1.807) is 19.2 Å². The number of anilines is 2. The summed E-state index contributed by atoms with van der Waals surface area (Å²) in [5, 5.41) is 5.63. The second kappa shape index (κ2) is 9.93. The van der Waals surface area contributed by atoms with Crippen LogP contribution < -0.4 is 15.5 Å². The van der Waals surface area contributed by atoms with Crippen LogP contribution in [0.4, 0.5) is 11.4 Å². The molecule has 1 aliphatic carbocycles. The van der Waals surface area contributed by atoms with Crippen molar-refractivity contribution >= 4 is 33.2 Å². The smallest absolute Gasteiger partial charge is 0.255 e.